The van der Waals surface area contributed by atoms with Crippen LogP contribution in [0, 0.1) is 0 Å². The number of hydroxylamine groups is 2. The lowest BCUT2D eigenvalue weighted by Crippen LogP contribution is -2.58. The number of hydrogen-bond acceptors (Lipinski definition) is 8. The molecule has 4 rings (SSSR count). The van der Waals surface area contributed by atoms with E-state index in [0.717, 1.165) is 4.90 Å². The van der Waals surface area contributed by atoms with Gasteiger partial charge in [-0.1, -0.05) is 49.4 Å². The van der Waals surface area contributed by atoms with Crippen LogP contribution in [0.2, 0.25) is 0 Å². The summed E-state index contributed by atoms with van der Waals surface area (Å²) in [5, 5.41) is 2.76. The Morgan fingerprint density at radius 2 is 1.49 bits per heavy atom. The zero-order chi connectivity index (χ0) is 28.5. The molecule has 5 amide bonds. The lowest BCUT2D eigenvalue weighted by Gasteiger charge is -2.34. The molecular formula is C28H29N3O8. The fraction of sp³-hybridized carbons (Fsp3) is 0.357. The van der Waals surface area contributed by atoms with Crippen LogP contribution in [0.15, 0.2) is 54.6 Å². The quantitative estimate of drug-likeness (QED) is 0.557. The Morgan fingerprint density at radius 3 is 2.05 bits per heavy atom. The van der Waals surface area contributed by atoms with E-state index in [0.29, 0.717) is 5.56 Å². The van der Waals surface area contributed by atoms with Gasteiger partial charge in [0.05, 0.1) is 11.1 Å². The average molecular weight is 536 g/mol. The molecule has 2 aromatic rings. The third-order valence-electron chi connectivity index (χ3n) is 6.41. The van der Waals surface area contributed by atoms with Crippen LogP contribution < -0.4 is 5.32 Å². The molecule has 0 saturated carbocycles. The molecule has 0 aromatic heterocycles. The zero-order valence-corrected chi connectivity index (χ0v) is 22.0. The summed E-state index contributed by atoms with van der Waals surface area (Å²) in [5.41, 5.74) is 0.117. The van der Waals surface area contributed by atoms with E-state index in [1.807, 2.05) is 0 Å². The van der Waals surface area contributed by atoms with Crippen LogP contribution in [-0.4, -0.2) is 63.3 Å². The number of rotatable bonds is 6. The third-order valence-corrected chi connectivity index (χ3v) is 6.41. The molecule has 1 fully saturated rings. The minimum absolute atomic E-state index is 0.114. The normalized spacial score (nSPS) is 18.9. The Labute approximate surface area is 225 Å². The van der Waals surface area contributed by atoms with E-state index in [9.17, 15) is 28.8 Å². The Kier molecular flexibility index (Phi) is 7.53. The smallest absolute Gasteiger partial charge is 0.408 e. The van der Waals surface area contributed by atoms with Crippen molar-refractivity contribution in [3.63, 3.8) is 0 Å². The van der Waals surface area contributed by atoms with E-state index in [-0.39, 0.29) is 29.0 Å². The number of benzene rings is 2. The molecule has 2 aliphatic rings. The lowest BCUT2D eigenvalue weighted by molar-refractivity contribution is -0.209. The summed E-state index contributed by atoms with van der Waals surface area (Å²) >= 11 is 0. The van der Waals surface area contributed by atoms with Gasteiger partial charge in [-0.05, 0) is 44.9 Å². The number of amides is 5. The molecule has 39 heavy (non-hydrogen) atoms. The number of carbonyl (C=O) groups is 6. The fourth-order valence-electron chi connectivity index (χ4n) is 4.49. The van der Waals surface area contributed by atoms with Gasteiger partial charge in [-0.15, -0.1) is 5.06 Å². The third kappa shape index (κ3) is 5.66. The number of hydrogen-bond donors (Lipinski definition) is 1. The van der Waals surface area contributed by atoms with Gasteiger partial charge in [0.1, 0.15) is 17.7 Å². The molecule has 204 valence electrons. The Bertz CT molecular complexity index is 1300. The molecule has 2 aliphatic heterocycles. The highest BCUT2D eigenvalue weighted by Gasteiger charge is 2.49. The van der Waals surface area contributed by atoms with Gasteiger partial charge in [-0.2, -0.15) is 0 Å². The SMILES string of the molecule is CC(c1ccccc1)C(NC(=O)OC(C)(C)C)C(=O)ON1C(=O)CC[C@H](N2C(=O)c3ccccc3C2=O)C1=O. The summed E-state index contributed by atoms with van der Waals surface area (Å²) < 4.78 is 5.29. The average Bonchev–Trinajstić information content (AvgIpc) is 3.14. The second kappa shape index (κ2) is 10.7. The largest absolute Gasteiger partial charge is 0.444 e. The van der Waals surface area contributed by atoms with Crippen molar-refractivity contribution in [1.29, 1.82) is 0 Å². The highest BCUT2D eigenvalue weighted by atomic mass is 16.7. The highest BCUT2D eigenvalue weighted by Crippen LogP contribution is 2.30. The molecule has 1 N–H and O–H groups in total. The number of nitrogens with zero attached hydrogens (tertiary/aromatic N) is 2. The molecule has 2 unspecified atom stereocenters. The fourth-order valence-corrected chi connectivity index (χ4v) is 4.49. The molecule has 0 bridgehead atoms. The first-order valence-electron chi connectivity index (χ1n) is 12.5. The number of piperidine rings is 1. The van der Waals surface area contributed by atoms with Crippen molar-refractivity contribution >= 4 is 35.7 Å². The molecule has 1 saturated heterocycles. The molecule has 0 radical (unpaired) electrons. The molecule has 2 heterocycles. The minimum Gasteiger partial charge on any atom is -0.444 e. The van der Waals surface area contributed by atoms with Gasteiger partial charge in [0.15, 0.2) is 0 Å². The van der Waals surface area contributed by atoms with Crippen LogP contribution in [-0.2, 0) is 24.0 Å². The number of alkyl carbamates (subject to hydrolysis) is 1. The summed E-state index contributed by atoms with van der Waals surface area (Å²) in [7, 11) is 0. The Balaban J connectivity index is 1.56. The predicted molar refractivity (Wildman–Crippen MR) is 136 cm³/mol. The van der Waals surface area contributed by atoms with E-state index in [2.05, 4.69) is 5.32 Å². The van der Waals surface area contributed by atoms with Crippen LogP contribution in [0.4, 0.5) is 4.79 Å². The lowest BCUT2D eigenvalue weighted by atomic mass is 9.93. The summed E-state index contributed by atoms with van der Waals surface area (Å²) in [4.78, 5) is 83.9. The topological polar surface area (TPSA) is 139 Å². The maximum absolute atomic E-state index is 13.4. The molecule has 3 atom stereocenters. The summed E-state index contributed by atoms with van der Waals surface area (Å²) in [6.45, 7) is 6.64. The first kappa shape index (κ1) is 27.5. The maximum Gasteiger partial charge on any atom is 0.408 e. The molecule has 2 aromatic carbocycles. The zero-order valence-electron chi connectivity index (χ0n) is 22.0. The van der Waals surface area contributed by atoms with Gasteiger partial charge >= 0.3 is 12.1 Å². The standard InChI is InChI=1S/C28H29N3O8/c1-16(17-10-6-5-7-11-17)22(29-27(37)38-28(2,3)4)26(36)39-31-21(32)15-14-20(25(31)35)30-23(33)18-12-8-9-13-19(18)24(30)34/h5-13,16,20,22H,14-15H2,1-4H3,(H,29,37)/t16?,20-,22?/m0/s1. The number of carbonyl (C=O) groups excluding carboxylic acids is 6. The van der Waals surface area contributed by atoms with Crippen molar-refractivity contribution in [2.24, 2.45) is 0 Å². The van der Waals surface area contributed by atoms with Gasteiger partial charge in [-0.25, -0.2) is 9.59 Å². The van der Waals surface area contributed by atoms with E-state index < -0.39 is 59.3 Å². The van der Waals surface area contributed by atoms with Crippen LogP contribution >= 0.6 is 0 Å². The van der Waals surface area contributed by atoms with Gasteiger partial charge in [0.25, 0.3) is 23.6 Å². The van der Waals surface area contributed by atoms with Gasteiger partial charge in [0, 0.05) is 12.3 Å². The molecular weight excluding hydrogens is 506 g/mol. The van der Waals surface area contributed by atoms with Gasteiger partial charge in [-0.3, -0.25) is 24.1 Å². The maximum atomic E-state index is 13.4. The van der Waals surface area contributed by atoms with Crippen LogP contribution in [0.1, 0.15) is 72.7 Å². The van der Waals surface area contributed by atoms with Crippen LogP contribution in [0.3, 0.4) is 0 Å². The molecule has 11 nitrogen and oxygen atoms in total. The second-order valence-electron chi connectivity index (χ2n) is 10.3. The van der Waals surface area contributed by atoms with Crippen molar-refractivity contribution in [2.75, 3.05) is 0 Å². The van der Waals surface area contributed by atoms with E-state index in [4.69, 9.17) is 9.57 Å². The first-order valence-corrected chi connectivity index (χ1v) is 12.5. The van der Waals surface area contributed by atoms with Gasteiger partial charge in [0.2, 0.25) is 0 Å². The van der Waals surface area contributed by atoms with Crippen molar-refractivity contribution in [3.05, 3.63) is 71.3 Å². The second-order valence-corrected chi connectivity index (χ2v) is 10.3. The highest BCUT2D eigenvalue weighted by molar-refractivity contribution is 6.23. The number of fused-ring (bicyclic) bond motifs is 1. The Hall–Kier alpha value is -4.54. The first-order chi connectivity index (χ1) is 18.4. The molecule has 0 spiro atoms. The summed E-state index contributed by atoms with van der Waals surface area (Å²) in [5.74, 6) is -4.93. The number of imide groups is 2. The van der Waals surface area contributed by atoms with E-state index in [1.165, 1.54) is 12.1 Å². The van der Waals surface area contributed by atoms with Crippen LogP contribution in [0.25, 0.3) is 0 Å². The monoisotopic (exact) mass is 535 g/mol. The predicted octanol–water partition coefficient (Wildman–Crippen LogP) is 2.96. The molecule has 0 aliphatic carbocycles. The summed E-state index contributed by atoms with van der Waals surface area (Å²) in [6.07, 6.45) is -1.26. The minimum atomic E-state index is -1.34. The van der Waals surface area contributed by atoms with Crippen molar-refractivity contribution in [2.45, 2.75) is 64.1 Å². The van der Waals surface area contributed by atoms with Crippen molar-refractivity contribution < 1.29 is 38.3 Å². The Morgan fingerprint density at radius 1 is 0.923 bits per heavy atom. The number of nitrogens with one attached hydrogen (secondary N) is 1. The van der Waals surface area contributed by atoms with Gasteiger partial charge < -0.3 is 14.9 Å². The van der Waals surface area contributed by atoms with E-state index in [1.54, 1.807) is 70.2 Å². The summed E-state index contributed by atoms with van der Waals surface area (Å²) in [6, 6.07) is 12.3. The van der Waals surface area contributed by atoms with Crippen LogP contribution in [0.5, 0.6) is 0 Å². The van der Waals surface area contributed by atoms with Crippen molar-refractivity contribution in [3.8, 4) is 0 Å². The molecule has 11 heteroatoms. The van der Waals surface area contributed by atoms with E-state index >= 15 is 0 Å². The number of ether oxygens (including phenoxy) is 1. The van der Waals surface area contributed by atoms with Crippen molar-refractivity contribution in [1.82, 2.24) is 15.3 Å².